The maximum atomic E-state index is 10.9. The first-order chi connectivity index (χ1) is 6.65. The molecule has 1 amide bonds. The third-order valence-corrected chi connectivity index (χ3v) is 3.79. The van der Waals surface area contributed by atoms with Crippen LogP contribution < -0.4 is 11.5 Å². The van der Waals surface area contributed by atoms with Crippen molar-refractivity contribution >= 4 is 17.7 Å². The van der Waals surface area contributed by atoms with E-state index in [1.807, 2.05) is 11.8 Å². The van der Waals surface area contributed by atoms with Crippen molar-refractivity contribution in [2.45, 2.75) is 25.4 Å². The van der Waals surface area contributed by atoms with Crippen molar-refractivity contribution in [3.8, 4) is 0 Å². The second-order valence-corrected chi connectivity index (χ2v) is 4.87. The summed E-state index contributed by atoms with van der Waals surface area (Å²) in [4.78, 5) is 13.2. The lowest BCUT2D eigenvalue weighted by Gasteiger charge is -2.38. The van der Waals surface area contributed by atoms with Gasteiger partial charge in [0.15, 0.2) is 0 Å². The number of nitrogens with zero attached hydrogens (tertiary/aromatic N) is 1. The smallest absolute Gasteiger partial charge is 0.219 e. The molecule has 1 aliphatic heterocycles. The van der Waals surface area contributed by atoms with Crippen LogP contribution in [-0.4, -0.2) is 47.5 Å². The first-order valence-electron chi connectivity index (χ1n) is 4.97. The van der Waals surface area contributed by atoms with Crippen LogP contribution in [0.4, 0.5) is 0 Å². The summed E-state index contributed by atoms with van der Waals surface area (Å²) in [7, 11) is 0. The molecule has 0 aromatic rings. The van der Waals surface area contributed by atoms with Crippen molar-refractivity contribution in [2.24, 2.45) is 11.5 Å². The molecule has 1 saturated heterocycles. The molecule has 0 radical (unpaired) electrons. The second kappa shape index (κ2) is 5.58. The van der Waals surface area contributed by atoms with Gasteiger partial charge in [-0.1, -0.05) is 0 Å². The van der Waals surface area contributed by atoms with Crippen LogP contribution in [0, 0.1) is 0 Å². The Morgan fingerprint density at radius 2 is 2.43 bits per heavy atom. The molecule has 0 spiro atoms. The zero-order chi connectivity index (χ0) is 10.6. The molecular formula is C9H19N3OS. The van der Waals surface area contributed by atoms with Crippen LogP contribution in [0.2, 0.25) is 0 Å². The molecule has 0 saturated carbocycles. The molecule has 2 unspecified atom stereocenters. The molecule has 1 heterocycles. The highest BCUT2D eigenvalue weighted by Crippen LogP contribution is 2.19. The number of hydrogen-bond acceptors (Lipinski definition) is 4. The Kier molecular flexibility index (Phi) is 4.71. The zero-order valence-electron chi connectivity index (χ0n) is 8.61. The van der Waals surface area contributed by atoms with Crippen LogP contribution in [-0.2, 0) is 4.79 Å². The van der Waals surface area contributed by atoms with Crippen LogP contribution in [0.15, 0.2) is 0 Å². The Bertz CT molecular complexity index is 200. The number of carbonyl (C=O) groups excluding carboxylic acids is 1. The Balaban J connectivity index is 2.52. The highest BCUT2D eigenvalue weighted by Gasteiger charge is 2.26. The van der Waals surface area contributed by atoms with Gasteiger partial charge >= 0.3 is 0 Å². The molecule has 1 aliphatic rings. The third kappa shape index (κ3) is 3.15. The molecule has 14 heavy (non-hydrogen) atoms. The molecule has 82 valence electrons. The minimum absolute atomic E-state index is 0.128. The maximum Gasteiger partial charge on any atom is 0.219 e. The molecule has 0 aliphatic carbocycles. The lowest BCUT2D eigenvalue weighted by Crippen LogP contribution is -2.51. The van der Waals surface area contributed by atoms with Crippen molar-refractivity contribution in [1.82, 2.24) is 4.90 Å². The Morgan fingerprint density at radius 3 is 2.93 bits per heavy atom. The molecule has 0 aromatic carbocycles. The fourth-order valence-corrected chi connectivity index (χ4v) is 2.89. The summed E-state index contributed by atoms with van der Waals surface area (Å²) in [6.45, 7) is 3.70. The van der Waals surface area contributed by atoms with E-state index in [9.17, 15) is 4.79 Å². The van der Waals surface area contributed by atoms with E-state index >= 15 is 0 Å². The lowest BCUT2D eigenvalue weighted by atomic mass is 10.1. The highest BCUT2D eigenvalue weighted by molar-refractivity contribution is 7.99. The van der Waals surface area contributed by atoms with Crippen molar-refractivity contribution in [3.05, 3.63) is 0 Å². The number of hydrogen-bond donors (Lipinski definition) is 2. The van der Waals surface area contributed by atoms with Crippen LogP contribution in [0.1, 0.15) is 13.3 Å². The van der Waals surface area contributed by atoms with E-state index in [-0.39, 0.29) is 11.9 Å². The summed E-state index contributed by atoms with van der Waals surface area (Å²) in [5.41, 5.74) is 10.9. The summed E-state index contributed by atoms with van der Waals surface area (Å²) in [5.74, 6) is 1.99. The topological polar surface area (TPSA) is 72.3 Å². The minimum atomic E-state index is -0.258. The van der Waals surface area contributed by atoms with Crippen LogP contribution in [0.25, 0.3) is 0 Å². The summed E-state index contributed by atoms with van der Waals surface area (Å²) < 4.78 is 0. The standard InChI is InChI=1S/C9H19N3OS/c1-7-6-14-3-2-12(7)8(5-10)4-9(11)13/h7-8H,2-6,10H2,1H3,(H2,11,13). The molecule has 1 fully saturated rings. The summed E-state index contributed by atoms with van der Waals surface area (Å²) >= 11 is 1.95. The van der Waals surface area contributed by atoms with E-state index in [1.165, 1.54) is 0 Å². The molecule has 4 nitrogen and oxygen atoms in total. The third-order valence-electron chi connectivity index (χ3n) is 2.60. The molecule has 4 N–H and O–H groups in total. The van der Waals surface area contributed by atoms with Crippen LogP contribution in [0.5, 0.6) is 0 Å². The second-order valence-electron chi connectivity index (χ2n) is 3.72. The number of thioether (sulfide) groups is 1. The Labute approximate surface area is 89.4 Å². The Hall–Kier alpha value is -0.260. The number of carbonyl (C=O) groups is 1. The predicted molar refractivity (Wildman–Crippen MR) is 60.1 cm³/mol. The average molecular weight is 217 g/mol. The zero-order valence-corrected chi connectivity index (χ0v) is 9.43. The first-order valence-corrected chi connectivity index (χ1v) is 6.12. The summed E-state index contributed by atoms with van der Waals surface area (Å²) in [6.07, 6.45) is 0.380. The van der Waals surface area contributed by atoms with E-state index in [2.05, 4.69) is 11.8 Å². The van der Waals surface area contributed by atoms with Crippen LogP contribution >= 0.6 is 11.8 Å². The fourth-order valence-electron chi connectivity index (χ4n) is 1.85. The quantitative estimate of drug-likeness (QED) is 0.674. The van der Waals surface area contributed by atoms with E-state index in [4.69, 9.17) is 11.5 Å². The normalized spacial score (nSPS) is 26.0. The van der Waals surface area contributed by atoms with Gasteiger partial charge in [-0.3, -0.25) is 9.69 Å². The largest absolute Gasteiger partial charge is 0.370 e. The number of amides is 1. The van der Waals surface area contributed by atoms with E-state index in [0.717, 1.165) is 18.1 Å². The molecular weight excluding hydrogens is 198 g/mol. The number of primary amides is 1. The van der Waals surface area contributed by atoms with Crippen molar-refractivity contribution in [3.63, 3.8) is 0 Å². The van der Waals surface area contributed by atoms with Crippen molar-refractivity contribution < 1.29 is 4.79 Å². The highest BCUT2D eigenvalue weighted by atomic mass is 32.2. The lowest BCUT2D eigenvalue weighted by molar-refractivity contribution is -0.119. The van der Waals surface area contributed by atoms with Crippen molar-refractivity contribution in [1.29, 1.82) is 0 Å². The van der Waals surface area contributed by atoms with E-state index in [1.54, 1.807) is 0 Å². The number of rotatable bonds is 4. The molecule has 0 aromatic heterocycles. The first kappa shape index (κ1) is 11.8. The van der Waals surface area contributed by atoms with Crippen LogP contribution in [0.3, 0.4) is 0 Å². The molecule has 5 heteroatoms. The van der Waals surface area contributed by atoms with Gasteiger partial charge in [-0.15, -0.1) is 0 Å². The summed E-state index contributed by atoms with van der Waals surface area (Å²) in [5, 5.41) is 0. The van der Waals surface area contributed by atoms with Gasteiger partial charge in [0.05, 0.1) is 0 Å². The predicted octanol–water partition coefficient (Wildman–Crippen LogP) is -0.374. The molecule has 2 atom stereocenters. The van der Waals surface area contributed by atoms with Gasteiger partial charge in [0, 0.05) is 43.1 Å². The fraction of sp³-hybridized carbons (Fsp3) is 0.889. The van der Waals surface area contributed by atoms with Gasteiger partial charge in [0.1, 0.15) is 0 Å². The Morgan fingerprint density at radius 1 is 1.71 bits per heavy atom. The van der Waals surface area contributed by atoms with E-state index < -0.39 is 0 Å². The monoisotopic (exact) mass is 217 g/mol. The van der Waals surface area contributed by atoms with Gasteiger partial charge in [0.25, 0.3) is 0 Å². The van der Waals surface area contributed by atoms with Gasteiger partial charge in [-0.25, -0.2) is 0 Å². The summed E-state index contributed by atoms with van der Waals surface area (Å²) in [6, 6.07) is 0.630. The van der Waals surface area contributed by atoms with Gasteiger partial charge < -0.3 is 11.5 Å². The van der Waals surface area contributed by atoms with Gasteiger partial charge in [-0.2, -0.15) is 11.8 Å². The van der Waals surface area contributed by atoms with Gasteiger partial charge in [0.2, 0.25) is 5.91 Å². The SMILES string of the molecule is CC1CSCCN1C(CN)CC(N)=O. The maximum absolute atomic E-state index is 10.9. The molecule has 1 rings (SSSR count). The van der Waals surface area contributed by atoms with Gasteiger partial charge in [-0.05, 0) is 6.92 Å². The van der Waals surface area contributed by atoms with E-state index in [0.29, 0.717) is 19.0 Å². The minimum Gasteiger partial charge on any atom is -0.370 e. The molecule has 0 bridgehead atoms. The average Bonchev–Trinajstić information content (AvgIpc) is 2.15. The number of nitrogens with two attached hydrogens (primary N) is 2. The van der Waals surface area contributed by atoms with Crippen molar-refractivity contribution in [2.75, 3.05) is 24.6 Å².